The van der Waals surface area contributed by atoms with Gasteiger partial charge >= 0.3 is 0 Å². The Morgan fingerprint density at radius 2 is 1.94 bits per heavy atom. The molecule has 0 radical (unpaired) electrons. The molecule has 1 rings (SSSR count). The van der Waals surface area contributed by atoms with E-state index in [2.05, 4.69) is 10.6 Å². The molecule has 17 heavy (non-hydrogen) atoms. The molecule has 6 nitrogen and oxygen atoms in total. The number of piperidine rings is 1. The normalized spacial score (nSPS) is 19.2. The van der Waals surface area contributed by atoms with E-state index in [1.165, 1.54) is 10.6 Å². The molecule has 0 saturated carbocycles. The van der Waals surface area contributed by atoms with Gasteiger partial charge in [-0.2, -0.15) is 0 Å². The molecular weight excluding hydrogens is 242 g/mol. The zero-order valence-electron chi connectivity index (χ0n) is 10.4. The molecule has 7 heteroatoms. The first kappa shape index (κ1) is 14.4. The van der Waals surface area contributed by atoms with Gasteiger partial charge in [-0.05, 0) is 19.9 Å². The minimum absolute atomic E-state index is 0.0251. The van der Waals surface area contributed by atoms with Crippen LogP contribution >= 0.6 is 0 Å². The molecule has 2 N–H and O–H groups in total. The van der Waals surface area contributed by atoms with Crippen LogP contribution in [0.25, 0.3) is 0 Å². The summed E-state index contributed by atoms with van der Waals surface area (Å²) in [6.07, 6.45) is 3.07. The Labute approximate surface area is 103 Å². The Morgan fingerprint density at radius 1 is 1.35 bits per heavy atom. The van der Waals surface area contributed by atoms with Crippen LogP contribution in [0.5, 0.6) is 0 Å². The number of rotatable bonds is 5. The molecule has 1 aliphatic heterocycles. The van der Waals surface area contributed by atoms with Crippen molar-refractivity contribution in [1.29, 1.82) is 0 Å². The molecule has 1 aliphatic rings. The number of hydrogen-bond donors (Lipinski definition) is 2. The molecule has 0 aromatic heterocycles. The maximum absolute atomic E-state index is 11.5. The van der Waals surface area contributed by atoms with Crippen LogP contribution in [0.1, 0.15) is 19.3 Å². The Bertz CT molecular complexity index is 348. The van der Waals surface area contributed by atoms with Crippen LogP contribution in [0.4, 0.5) is 0 Å². The van der Waals surface area contributed by atoms with Gasteiger partial charge in [0.2, 0.25) is 15.9 Å². The van der Waals surface area contributed by atoms with Crippen LogP contribution < -0.4 is 10.6 Å². The van der Waals surface area contributed by atoms with Crippen molar-refractivity contribution in [3.63, 3.8) is 0 Å². The number of amides is 1. The smallest absolute Gasteiger partial charge is 0.221 e. The van der Waals surface area contributed by atoms with Gasteiger partial charge in [0.1, 0.15) is 0 Å². The second-order valence-electron chi connectivity index (χ2n) is 4.36. The summed E-state index contributed by atoms with van der Waals surface area (Å²) >= 11 is 0. The van der Waals surface area contributed by atoms with Gasteiger partial charge in [0.05, 0.1) is 6.26 Å². The van der Waals surface area contributed by atoms with E-state index in [9.17, 15) is 13.2 Å². The first-order valence-electron chi connectivity index (χ1n) is 5.82. The number of sulfonamides is 1. The highest BCUT2D eigenvalue weighted by Crippen LogP contribution is 2.13. The monoisotopic (exact) mass is 263 g/mol. The third-order valence-electron chi connectivity index (χ3n) is 2.89. The lowest BCUT2D eigenvalue weighted by Crippen LogP contribution is -2.46. The van der Waals surface area contributed by atoms with Crippen molar-refractivity contribution in [2.45, 2.75) is 25.3 Å². The second kappa shape index (κ2) is 6.32. The molecule has 0 aromatic carbocycles. The number of nitrogens with one attached hydrogen (secondary N) is 2. The van der Waals surface area contributed by atoms with E-state index in [1.54, 1.807) is 7.05 Å². The second-order valence-corrected chi connectivity index (χ2v) is 6.34. The van der Waals surface area contributed by atoms with E-state index in [0.29, 0.717) is 38.9 Å². The van der Waals surface area contributed by atoms with E-state index in [-0.39, 0.29) is 11.9 Å². The van der Waals surface area contributed by atoms with Gasteiger partial charge in [-0.3, -0.25) is 4.79 Å². The van der Waals surface area contributed by atoms with Gasteiger partial charge in [-0.25, -0.2) is 12.7 Å². The summed E-state index contributed by atoms with van der Waals surface area (Å²) in [5.74, 6) is 0.0251. The zero-order chi connectivity index (χ0) is 12.9. The van der Waals surface area contributed by atoms with Crippen molar-refractivity contribution in [1.82, 2.24) is 14.9 Å². The van der Waals surface area contributed by atoms with E-state index in [4.69, 9.17) is 0 Å². The van der Waals surface area contributed by atoms with Gasteiger partial charge in [-0.15, -0.1) is 0 Å². The lowest BCUT2D eigenvalue weighted by molar-refractivity contribution is -0.121. The average molecular weight is 263 g/mol. The molecule has 0 aromatic rings. The standard InChI is InChI=1S/C10H21N3O3S/c1-11-6-3-10(14)12-9-4-7-13(8-5-9)17(2,15)16/h9,11H,3-8H2,1-2H3,(H,12,14). The Kier molecular flexibility index (Phi) is 5.35. The molecule has 100 valence electrons. The van der Waals surface area contributed by atoms with Crippen LogP contribution in [-0.4, -0.2) is 57.6 Å². The summed E-state index contributed by atoms with van der Waals surface area (Å²) in [5.41, 5.74) is 0. The fourth-order valence-electron chi connectivity index (χ4n) is 1.87. The molecule has 0 aliphatic carbocycles. The van der Waals surface area contributed by atoms with E-state index < -0.39 is 10.0 Å². The van der Waals surface area contributed by atoms with Crippen molar-refractivity contribution in [2.75, 3.05) is 32.9 Å². The predicted molar refractivity (Wildman–Crippen MR) is 66.1 cm³/mol. The average Bonchev–Trinajstić information content (AvgIpc) is 2.26. The van der Waals surface area contributed by atoms with Gasteiger partial charge in [-0.1, -0.05) is 0 Å². The summed E-state index contributed by atoms with van der Waals surface area (Å²) in [6, 6.07) is 0.109. The highest BCUT2D eigenvalue weighted by atomic mass is 32.2. The van der Waals surface area contributed by atoms with Gasteiger partial charge < -0.3 is 10.6 Å². The molecule has 1 heterocycles. The fraction of sp³-hybridized carbons (Fsp3) is 0.900. The van der Waals surface area contributed by atoms with Gasteiger partial charge in [0.25, 0.3) is 0 Å². The fourth-order valence-corrected chi connectivity index (χ4v) is 2.74. The quantitative estimate of drug-likeness (QED) is 0.676. The largest absolute Gasteiger partial charge is 0.353 e. The van der Waals surface area contributed by atoms with Crippen molar-refractivity contribution in [3.8, 4) is 0 Å². The molecule has 1 fully saturated rings. The Balaban J connectivity index is 2.30. The van der Waals surface area contributed by atoms with E-state index in [0.717, 1.165) is 0 Å². The SMILES string of the molecule is CNCCC(=O)NC1CCN(S(C)(=O)=O)CC1. The lowest BCUT2D eigenvalue weighted by Gasteiger charge is -2.30. The first-order valence-corrected chi connectivity index (χ1v) is 7.67. The topological polar surface area (TPSA) is 78.5 Å². The minimum atomic E-state index is -3.08. The summed E-state index contributed by atoms with van der Waals surface area (Å²) in [4.78, 5) is 11.5. The maximum atomic E-state index is 11.5. The molecule has 1 saturated heterocycles. The number of hydrogen-bond acceptors (Lipinski definition) is 4. The predicted octanol–water partition coefficient (Wildman–Crippen LogP) is -0.864. The van der Waals surface area contributed by atoms with Gasteiger partial charge in [0, 0.05) is 32.1 Å². The molecule has 1 amide bonds. The Hall–Kier alpha value is -0.660. The number of carbonyl (C=O) groups excluding carboxylic acids is 1. The van der Waals surface area contributed by atoms with Crippen LogP contribution in [0.2, 0.25) is 0 Å². The maximum Gasteiger partial charge on any atom is 0.221 e. The third-order valence-corrected chi connectivity index (χ3v) is 4.19. The summed E-state index contributed by atoms with van der Waals surface area (Å²) in [5, 5.41) is 5.84. The van der Waals surface area contributed by atoms with Gasteiger partial charge in [0.15, 0.2) is 0 Å². The molecule has 0 atom stereocenters. The number of carbonyl (C=O) groups is 1. The van der Waals surface area contributed by atoms with Crippen LogP contribution in [0.3, 0.4) is 0 Å². The summed E-state index contributed by atoms with van der Waals surface area (Å²) in [6.45, 7) is 1.65. The summed E-state index contributed by atoms with van der Waals surface area (Å²) in [7, 11) is -1.28. The molecule has 0 bridgehead atoms. The highest BCUT2D eigenvalue weighted by Gasteiger charge is 2.25. The summed E-state index contributed by atoms with van der Waals surface area (Å²) < 4.78 is 24.0. The van der Waals surface area contributed by atoms with Crippen LogP contribution in [-0.2, 0) is 14.8 Å². The highest BCUT2D eigenvalue weighted by molar-refractivity contribution is 7.88. The molecule has 0 spiro atoms. The van der Waals surface area contributed by atoms with Crippen molar-refractivity contribution >= 4 is 15.9 Å². The van der Waals surface area contributed by atoms with Crippen molar-refractivity contribution in [3.05, 3.63) is 0 Å². The zero-order valence-corrected chi connectivity index (χ0v) is 11.2. The van der Waals surface area contributed by atoms with Crippen molar-refractivity contribution in [2.24, 2.45) is 0 Å². The van der Waals surface area contributed by atoms with Crippen molar-refractivity contribution < 1.29 is 13.2 Å². The van der Waals surface area contributed by atoms with E-state index in [1.807, 2.05) is 0 Å². The number of nitrogens with zero attached hydrogens (tertiary/aromatic N) is 1. The molecular formula is C10H21N3O3S. The van der Waals surface area contributed by atoms with Crippen LogP contribution in [0.15, 0.2) is 0 Å². The van der Waals surface area contributed by atoms with E-state index >= 15 is 0 Å². The molecule has 0 unspecified atom stereocenters. The Morgan fingerprint density at radius 3 is 2.41 bits per heavy atom. The first-order chi connectivity index (χ1) is 7.93. The minimum Gasteiger partial charge on any atom is -0.353 e. The van der Waals surface area contributed by atoms with Crippen LogP contribution in [0, 0.1) is 0 Å². The lowest BCUT2D eigenvalue weighted by atomic mass is 10.1. The third kappa shape index (κ3) is 5.01.